The Morgan fingerprint density at radius 3 is 2.07 bits per heavy atom. The summed E-state index contributed by atoms with van der Waals surface area (Å²) in [7, 11) is 0. The maximum atomic E-state index is 13.6. The van der Waals surface area contributed by atoms with Crippen LogP contribution in [0, 0.1) is 25.6 Å². The van der Waals surface area contributed by atoms with Crippen LogP contribution in [0.25, 0.3) is 0 Å². The third-order valence-electron chi connectivity index (χ3n) is 5.69. The lowest BCUT2D eigenvalue weighted by Gasteiger charge is -2.48. The standard InChI is InChI=1S/C22H30FNO3/c1-13-9-16(23)10-14(2)19(13)20(25)15-11-17-7-6-8-18(12-15)24(17)21(26)27-22(3,4)5/h9-10,15,17-18H,6-8,11-12H2,1-5H3. The summed E-state index contributed by atoms with van der Waals surface area (Å²) < 4.78 is 19.2. The van der Waals surface area contributed by atoms with Gasteiger partial charge in [-0.15, -0.1) is 0 Å². The summed E-state index contributed by atoms with van der Waals surface area (Å²) in [4.78, 5) is 27.8. The van der Waals surface area contributed by atoms with Gasteiger partial charge in [0.25, 0.3) is 0 Å². The summed E-state index contributed by atoms with van der Waals surface area (Å²) in [6.45, 7) is 9.20. The Bertz CT molecular complexity index is 715. The lowest BCUT2D eigenvalue weighted by Crippen LogP contribution is -2.56. The third kappa shape index (κ3) is 4.17. The van der Waals surface area contributed by atoms with Crippen LogP contribution in [0.4, 0.5) is 9.18 Å². The van der Waals surface area contributed by atoms with Gasteiger partial charge in [0.15, 0.2) is 5.78 Å². The zero-order valence-corrected chi connectivity index (χ0v) is 17.0. The highest BCUT2D eigenvalue weighted by molar-refractivity contribution is 6.00. The molecule has 0 aromatic heterocycles. The Hall–Kier alpha value is -1.91. The number of halogens is 1. The van der Waals surface area contributed by atoms with Crippen molar-refractivity contribution in [2.75, 3.05) is 0 Å². The maximum Gasteiger partial charge on any atom is 0.410 e. The van der Waals surface area contributed by atoms with Crippen molar-refractivity contribution in [3.63, 3.8) is 0 Å². The summed E-state index contributed by atoms with van der Waals surface area (Å²) in [5.41, 5.74) is 1.50. The monoisotopic (exact) mass is 375 g/mol. The van der Waals surface area contributed by atoms with Crippen LogP contribution in [0.5, 0.6) is 0 Å². The van der Waals surface area contributed by atoms with E-state index in [2.05, 4.69) is 0 Å². The van der Waals surface area contributed by atoms with Crippen molar-refractivity contribution in [2.45, 2.75) is 84.4 Å². The average Bonchev–Trinajstić information content (AvgIpc) is 2.50. The smallest absolute Gasteiger partial charge is 0.410 e. The number of nitrogens with zero attached hydrogens (tertiary/aromatic N) is 1. The third-order valence-corrected chi connectivity index (χ3v) is 5.69. The van der Waals surface area contributed by atoms with Crippen LogP contribution in [-0.2, 0) is 4.74 Å². The molecule has 4 nitrogen and oxygen atoms in total. The summed E-state index contributed by atoms with van der Waals surface area (Å²) in [6.07, 6.45) is 3.93. The molecule has 3 rings (SSSR count). The lowest BCUT2D eigenvalue weighted by atomic mass is 9.75. The van der Waals surface area contributed by atoms with E-state index >= 15 is 0 Å². The molecule has 2 saturated heterocycles. The second-order valence-electron chi connectivity index (χ2n) is 9.07. The second kappa shape index (κ2) is 7.25. The Labute approximate surface area is 161 Å². The maximum absolute atomic E-state index is 13.6. The van der Waals surface area contributed by atoms with Gasteiger partial charge in [0.1, 0.15) is 11.4 Å². The van der Waals surface area contributed by atoms with Crippen molar-refractivity contribution in [2.24, 2.45) is 5.92 Å². The summed E-state index contributed by atoms with van der Waals surface area (Å²) in [5.74, 6) is -0.342. The first-order valence-electron chi connectivity index (χ1n) is 9.89. The fourth-order valence-corrected chi connectivity index (χ4v) is 4.71. The number of Topliss-reactive ketones (excluding diaryl/α,β-unsaturated/α-hetero) is 1. The number of benzene rings is 1. The van der Waals surface area contributed by atoms with Crippen LogP contribution in [0.2, 0.25) is 0 Å². The molecule has 5 heteroatoms. The van der Waals surface area contributed by atoms with Crippen molar-refractivity contribution in [3.8, 4) is 0 Å². The molecule has 2 heterocycles. The van der Waals surface area contributed by atoms with Gasteiger partial charge in [0.05, 0.1) is 0 Å². The van der Waals surface area contributed by atoms with E-state index in [1.54, 1.807) is 13.8 Å². The van der Waals surface area contributed by atoms with Crippen molar-refractivity contribution in [1.29, 1.82) is 0 Å². The number of aryl methyl sites for hydroxylation is 2. The number of ketones is 1. The first-order chi connectivity index (χ1) is 12.6. The number of hydrogen-bond acceptors (Lipinski definition) is 3. The molecular weight excluding hydrogens is 345 g/mol. The van der Waals surface area contributed by atoms with Crippen molar-refractivity contribution >= 4 is 11.9 Å². The molecule has 0 saturated carbocycles. The molecule has 2 fully saturated rings. The molecule has 2 aliphatic heterocycles. The molecule has 2 bridgehead atoms. The minimum absolute atomic E-state index is 0.0439. The summed E-state index contributed by atoms with van der Waals surface area (Å²) in [5, 5.41) is 0. The van der Waals surface area contributed by atoms with Gasteiger partial charge in [0.2, 0.25) is 0 Å². The highest BCUT2D eigenvalue weighted by Crippen LogP contribution is 2.39. The van der Waals surface area contributed by atoms with E-state index in [9.17, 15) is 14.0 Å². The van der Waals surface area contributed by atoms with Gasteiger partial charge in [-0.3, -0.25) is 4.79 Å². The zero-order chi connectivity index (χ0) is 19.9. The first-order valence-corrected chi connectivity index (χ1v) is 9.89. The van der Waals surface area contributed by atoms with Crippen LogP contribution in [-0.4, -0.2) is 34.5 Å². The van der Waals surface area contributed by atoms with E-state index < -0.39 is 5.60 Å². The summed E-state index contributed by atoms with van der Waals surface area (Å²) >= 11 is 0. The minimum atomic E-state index is -0.527. The molecular formula is C22H30FNO3. The predicted molar refractivity (Wildman–Crippen MR) is 102 cm³/mol. The molecule has 27 heavy (non-hydrogen) atoms. The molecule has 0 spiro atoms. The fourth-order valence-electron chi connectivity index (χ4n) is 4.71. The molecule has 1 amide bonds. The number of piperidine rings is 2. The highest BCUT2D eigenvalue weighted by atomic mass is 19.1. The van der Waals surface area contributed by atoms with Gasteiger partial charge in [0, 0.05) is 23.6 Å². The van der Waals surface area contributed by atoms with Crippen LogP contribution in [0.3, 0.4) is 0 Å². The SMILES string of the molecule is Cc1cc(F)cc(C)c1C(=O)C1CC2CCCC(C1)N2C(=O)OC(C)(C)C. The molecule has 2 atom stereocenters. The molecule has 0 radical (unpaired) electrons. The summed E-state index contributed by atoms with van der Waals surface area (Å²) in [6, 6.07) is 2.94. The largest absolute Gasteiger partial charge is 0.444 e. The second-order valence-corrected chi connectivity index (χ2v) is 9.07. The molecule has 0 aliphatic carbocycles. The van der Waals surface area contributed by atoms with Gasteiger partial charge >= 0.3 is 6.09 Å². The van der Waals surface area contributed by atoms with Gasteiger partial charge in [-0.05, 0) is 90.0 Å². The predicted octanol–water partition coefficient (Wildman–Crippen LogP) is 5.19. The van der Waals surface area contributed by atoms with Crippen LogP contribution >= 0.6 is 0 Å². The Morgan fingerprint density at radius 2 is 1.59 bits per heavy atom. The Kier molecular flexibility index (Phi) is 5.33. The van der Waals surface area contributed by atoms with Gasteiger partial charge < -0.3 is 9.64 Å². The van der Waals surface area contributed by atoms with E-state index in [0.29, 0.717) is 29.5 Å². The van der Waals surface area contributed by atoms with Crippen LogP contribution in [0.1, 0.15) is 74.4 Å². The van der Waals surface area contributed by atoms with E-state index in [-0.39, 0.29) is 35.7 Å². The van der Waals surface area contributed by atoms with Gasteiger partial charge in [-0.25, -0.2) is 9.18 Å². The van der Waals surface area contributed by atoms with Gasteiger partial charge in [-0.1, -0.05) is 0 Å². The normalized spacial score (nSPS) is 25.3. The lowest BCUT2D eigenvalue weighted by molar-refractivity contribution is -0.0261. The zero-order valence-electron chi connectivity index (χ0n) is 17.0. The highest BCUT2D eigenvalue weighted by Gasteiger charge is 2.44. The molecule has 148 valence electrons. The Balaban J connectivity index is 1.81. The quantitative estimate of drug-likeness (QED) is 0.668. The number of carbonyl (C=O) groups excluding carboxylic acids is 2. The molecule has 1 aromatic carbocycles. The number of amides is 1. The van der Waals surface area contributed by atoms with Crippen LogP contribution < -0.4 is 0 Å². The average molecular weight is 375 g/mol. The molecule has 0 N–H and O–H groups in total. The minimum Gasteiger partial charge on any atom is -0.444 e. The van der Waals surface area contributed by atoms with E-state index in [1.165, 1.54) is 12.1 Å². The van der Waals surface area contributed by atoms with Crippen LogP contribution in [0.15, 0.2) is 12.1 Å². The first kappa shape index (κ1) is 19.8. The van der Waals surface area contributed by atoms with Crippen molar-refractivity contribution < 1.29 is 18.7 Å². The van der Waals surface area contributed by atoms with E-state index in [1.807, 2.05) is 25.7 Å². The number of ether oxygens (including phenoxy) is 1. The molecule has 2 aliphatic rings. The molecule has 2 unspecified atom stereocenters. The van der Waals surface area contributed by atoms with Crippen molar-refractivity contribution in [1.82, 2.24) is 4.90 Å². The number of carbonyl (C=O) groups is 2. The topological polar surface area (TPSA) is 46.6 Å². The van der Waals surface area contributed by atoms with Gasteiger partial charge in [-0.2, -0.15) is 0 Å². The number of rotatable bonds is 2. The fraction of sp³-hybridized carbons (Fsp3) is 0.636. The van der Waals surface area contributed by atoms with E-state index in [0.717, 1.165) is 19.3 Å². The number of hydrogen-bond donors (Lipinski definition) is 0. The Morgan fingerprint density at radius 1 is 1.07 bits per heavy atom. The van der Waals surface area contributed by atoms with Crippen molar-refractivity contribution in [3.05, 3.63) is 34.6 Å². The van der Waals surface area contributed by atoms with E-state index in [4.69, 9.17) is 4.74 Å². The molecule has 1 aromatic rings. The number of fused-ring (bicyclic) bond motifs is 2.